The summed E-state index contributed by atoms with van der Waals surface area (Å²) in [6.45, 7) is 3.11. The predicted molar refractivity (Wildman–Crippen MR) is 151 cm³/mol. The number of phenolic OH excluding ortho intramolecular Hbond substituents is 1. The third-order valence-corrected chi connectivity index (χ3v) is 8.39. The average molecular weight is 572 g/mol. The number of amides is 1. The van der Waals surface area contributed by atoms with Gasteiger partial charge in [0.15, 0.2) is 29.3 Å². The highest BCUT2D eigenvalue weighted by Crippen LogP contribution is 2.56. The number of hydrogen-bond acceptors (Lipinski definition) is 10. The summed E-state index contributed by atoms with van der Waals surface area (Å²) >= 11 is 0. The second kappa shape index (κ2) is 12.3. The first-order chi connectivity index (χ1) is 19.7. The molecule has 5 rings (SSSR count). The lowest BCUT2D eigenvalue weighted by Crippen LogP contribution is -2.43. The molecule has 3 aliphatic rings. The molecule has 2 heterocycles. The van der Waals surface area contributed by atoms with Crippen molar-refractivity contribution in [2.24, 2.45) is 11.8 Å². The Morgan fingerprint density at radius 2 is 1.66 bits per heavy atom. The number of likely N-dealkylation sites (N-methyl/N-ethyl adjacent to an activating group) is 2. The number of aliphatic hydroxyl groups is 1. The zero-order chi connectivity index (χ0) is 29.3. The Morgan fingerprint density at radius 3 is 2.29 bits per heavy atom. The van der Waals surface area contributed by atoms with E-state index in [0.29, 0.717) is 17.9 Å². The number of benzene rings is 2. The van der Waals surface area contributed by atoms with Crippen molar-refractivity contribution in [3.63, 3.8) is 0 Å². The first-order valence-electron chi connectivity index (χ1n) is 14.0. The molecule has 1 fully saturated rings. The van der Waals surface area contributed by atoms with E-state index in [-0.39, 0.29) is 54.3 Å². The number of carbonyl (C=O) groups is 1. The third kappa shape index (κ3) is 5.90. The average Bonchev–Trinajstić information content (AvgIpc) is 3.57. The molecule has 41 heavy (non-hydrogen) atoms. The molecule has 0 aromatic heterocycles. The predicted octanol–water partition coefficient (Wildman–Crippen LogP) is 2.30. The standard InChI is InChI=1S/C30H41N3O8/c1-32(2)9-10-33(3)8-6-7-25(34)31-28-19-14-22-21(40-16-41-22)13-18(19)26(27-20(28)15-39-30(27)36)17-11-23(37-4)29(35)24(12-17)38-5/h11-14,20,26-28,30,35-36H,6-10,15-16H2,1-5H3,(H,31,34)/t20-,26+,27-,28+,30?/m0/s1. The molecule has 1 aliphatic carbocycles. The van der Waals surface area contributed by atoms with E-state index in [4.69, 9.17) is 23.7 Å². The Kier molecular flexibility index (Phi) is 8.79. The van der Waals surface area contributed by atoms with Crippen molar-refractivity contribution in [3.05, 3.63) is 41.0 Å². The Bertz CT molecular complexity index is 1230. The smallest absolute Gasteiger partial charge is 0.231 e. The van der Waals surface area contributed by atoms with Crippen molar-refractivity contribution in [3.8, 4) is 28.7 Å². The highest BCUT2D eigenvalue weighted by Gasteiger charge is 2.52. The summed E-state index contributed by atoms with van der Waals surface area (Å²) in [5.41, 5.74) is 2.55. The van der Waals surface area contributed by atoms with Gasteiger partial charge in [-0.15, -0.1) is 0 Å². The number of hydrogen-bond donors (Lipinski definition) is 3. The number of phenols is 1. The fourth-order valence-electron chi connectivity index (χ4n) is 6.24. The number of fused-ring (bicyclic) bond motifs is 3. The molecule has 5 atom stereocenters. The zero-order valence-corrected chi connectivity index (χ0v) is 24.4. The van der Waals surface area contributed by atoms with E-state index in [1.54, 1.807) is 12.1 Å². The maximum atomic E-state index is 13.3. The van der Waals surface area contributed by atoms with Gasteiger partial charge in [-0.2, -0.15) is 0 Å². The van der Waals surface area contributed by atoms with Crippen LogP contribution in [0.3, 0.4) is 0 Å². The van der Waals surface area contributed by atoms with Crippen LogP contribution in [0.25, 0.3) is 0 Å². The number of nitrogens with one attached hydrogen (secondary N) is 1. The van der Waals surface area contributed by atoms with Gasteiger partial charge in [0.2, 0.25) is 18.4 Å². The summed E-state index contributed by atoms with van der Waals surface area (Å²) in [5, 5.41) is 24.9. The Hall–Kier alpha value is -3.25. The molecule has 2 aliphatic heterocycles. The van der Waals surface area contributed by atoms with Crippen LogP contribution in [-0.2, 0) is 9.53 Å². The quantitative estimate of drug-likeness (QED) is 0.370. The molecule has 1 saturated heterocycles. The van der Waals surface area contributed by atoms with Crippen molar-refractivity contribution in [1.82, 2.24) is 15.1 Å². The molecular weight excluding hydrogens is 530 g/mol. The summed E-state index contributed by atoms with van der Waals surface area (Å²) in [6.07, 6.45) is 0.0673. The van der Waals surface area contributed by atoms with E-state index >= 15 is 0 Å². The molecule has 2 aromatic rings. The topological polar surface area (TPSA) is 122 Å². The molecule has 2 aromatic carbocycles. The fraction of sp³-hybridized carbons (Fsp3) is 0.567. The SMILES string of the molecule is COc1cc([C@@H]2c3cc4c(cc3[C@@H](NC(=O)CCCN(C)CCN(C)C)[C@H]3COC(O)[C@H]23)OCO4)cc(OC)c1O. The maximum absolute atomic E-state index is 13.3. The van der Waals surface area contributed by atoms with Gasteiger partial charge in [-0.1, -0.05) is 0 Å². The first kappa shape index (κ1) is 29.2. The minimum absolute atomic E-state index is 0.0498. The highest BCUT2D eigenvalue weighted by atomic mass is 16.7. The number of carbonyl (C=O) groups excluding carboxylic acids is 1. The molecule has 0 bridgehead atoms. The lowest BCUT2D eigenvalue weighted by Gasteiger charge is -2.41. The Morgan fingerprint density at radius 1 is 1.00 bits per heavy atom. The van der Waals surface area contributed by atoms with Gasteiger partial charge in [0.1, 0.15) is 0 Å². The minimum Gasteiger partial charge on any atom is -0.502 e. The van der Waals surface area contributed by atoms with Crippen molar-refractivity contribution < 1.29 is 38.7 Å². The summed E-state index contributed by atoms with van der Waals surface area (Å²) < 4.78 is 28.1. The molecule has 224 valence electrons. The van der Waals surface area contributed by atoms with E-state index in [1.165, 1.54) is 14.2 Å². The van der Waals surface area contributed by atoms with Gasteiger partial charge < -0.3 is 49.0 Å². The van der Waals surface area contributed by atoms with Gasteiger partial charge in [0.25, 0.3) is 0 Å². The molecule has 0 saturated carbocycles. The number of methoxy groups -OCH3 is 2. The van der Waals surface area contributed by atoms with Gasteiger partial charge in [0, 0.05) is 37.3 Å². The van der Waals surface area contributed by atoms with Gasteiger partial charge >= 0.3 is 0 Å². The zero-order valence-electron chi connectivity index (χ0n) is 24.4. The highest BCUT2D eigenvalue weighted by molar-refractivity contribution is 5.77. The van der Waals surface area contributed by atoms with Crippen LogP contribution in [-0.4, -0.2) is 101 Å². The van der Waals surface area contributed by atoms with Gasteiger partial charge in [0.05, 0.1) is 26.9 Å². The van der Waals surface area contributed by atoms with Crippen LogP contribution in [0.4, 0.5) is 0 Å². The minimum atomic E-state index is -1.06. The summed E-state index contributed by atoms with van der Waals surface area (Å²) in [5.74, 6) is 0.639. The van der Waals surface area contributed by atoms with E-state index < -0.39 is 12.3 Å². The molecule has 11 nitrogen and oxygen atoms in total. The van der Waals surface area contributed by atoms with Crippen LogP contribution in [0, 0.1) is 11.8 Å². The van der Waals surface area contributed by atoms with Crippen molar-refractivity contribution in [1.29, 1.82) is 0 Å². The molecule has 0 spiro atoms. The summed E-state index contributed by atoms with van der Waals surface area (Å²) in [4.78, 5) is 17.6. The monoisotopic (exact) mass is 571 g/mol. The molecule has 3 N–H and O–H groups in total. The second-order valence-corrected chi connectivity index (χ2v) is 11.3. The Labute approximate surface area is 240 Å². The summed E-state index contributed by atoms with van der Waals surface area (Å²) in [7, 11) is 9.12. The maximum Gasteiger partial charge on any atom is 0.231 e. The van der Waals surface area contributed by atoms with Crippen LogP contribution >= 0.6 is 0 Å². The van der Waals surface area contributed by atoms with Gasteiger partial charge in [-0.3, -0.25) is 4.79 Å². The summed E-state index contributed by atoms with van der Waals surface area (Å²) in [6, 6.07) is 6.97. The Balaban J connectivity index is 1.46. The van der Waals surface area contributed by atoms with Crippen LogP contribution in [0.2, 0.25) is 0 Å². The van der Waals surface area contributed by atoms with Crippen molar-refractivity contribution in [2.75, 3.05) is 68.4 Å². The van der Waals surface area contributed by atoms with Crippen LogP contribution < -0.4 is 24.3 Å². The number of aliphatic hydroxyl groups excluding tert-OH is 1. The molecule has 1 amide bonds. The molecule has 1 unspecified atom stereocenters. The lowest BCUT2D eigenvalue weighted by atomic mass is 9.65. The molecule has 0 radical (unpaired) electrons. The lowest BCUT2D eigenvalue weighted by molar-refractivity contribution is -0.122. The fourth-order valence-corrected chi connectivity index (χ4v) is 6.24. The van der Waals surface area contributed by atoms with Crippen LogP contribution in [0.5, 0.6) is 28.7 Å². The van der Waals surface area contributed by atoms with E-state index in [1.807, 2.05) is 26.2 Å². The van der Waals surface area contributed by atoms with Crippen molar-refractivity contribution >= 4 is 5.91 Å². The third-order valence-electron chi connectivity index (χ3n) is 8.39. The second-order valence-electron chi connectivity index (χ2n) is 11.3. The number of rotatable bonds is 11. The largest absolute Gasteiger partial charge is 0.502 e. The van der Waals surface area contributed by atoms with Crippen LogP contribution in [0.15, 0.2) is 24.3 Å². The van der Waals surface area contributed by atoms with Gasteiger partial charge in [-0.25, -0.2) is 0 Å². The molecule has 11 heteroatoms. The number of nitrogens with zero attached hydrogens (tertiary/aromatic N) is 2. The van der Waals surface area contributed by atoms with Gasteiger partial charge in [-0.05, 0) is 75.1 Å². The number of ether oxygens (including phenoxy) is 5. The number of aromatic hydroxyl groups is 1. The van der Waals surface area contributed by atoms with E-state index in [9.17, 15) is 15.0 Å². The van der Waals surface area contributed by atoms with Crippen molar-refractivity contribution in [2.45, 2.75) is 31.1 Å². The molecular formula is C30H41N3O8. The van der Waals surface area contributed by atoms with E-state index in [0.717, 1.165) is 42.7 Å². The van der Waals surface area contributed by atoms with Crippen LogP contribution in [0.1, 0.15) is 41.5 Å². The van der Waals surface area contributed by atoms with E-state index in [2.05, 4.69) is 22.2 Å². The normalized spacial score (nSPS) is 24.3. The first-order valence-corrected chi connectivity index (χ1v) is 14.0.